The van der Waals surface area contributed by atoms with E-state index in [0.29, 0.717) is 6.04 Å². The van der Waals surface area contributed by atoms with Gasteiger partial charge in [0.25, 0.3) is 0 Å². The first-order valence-electron chi connectivity index (χ1n) is 9.19. The summed E-state index contributed by atoms with van der Waals surface area (Å²) in [5.74, 6) is 2.28. The number of fused-ring (bicyclic) bond motifs is 1. The van der Waals surface area contributed by atoms with Gasteiger partial charge in [0.1, 0.15) is 11.6 Å². The van der Waals surface area contributed by atoms with Crippen LogP contribution in [0.1, 0.15) is 23.7 Å². The van der Waals surface area contributed by atoms with Gasteiger partial charge in [-0.25, -0.2) is 4.98 Å². The molecule has 5 heteroatoms. The van der Waals surface area contributed by atoms with Gasteiger partial charge in [0.15, 0.2) is 0 Å². The van der Waals surface area contributed by atoms with Crippen molar-refractivity contribution in [2.45, 2.75) is 33.2 Å². The minimum absolute atomic E-state index is 0.325. The van der Waals surface area contributed by atoms with Gasteiger partial charge in [-0.1, -0.05) is 24.3 Å². The maximum absolute atomic E-state index is 5.48. The van der Waals surface area contributed by atoms with Crippen LogP contribution in [0.2, 0.25) is 0 Å². The van der Waals surface area contributed by atoms with Gasteiger partial charge in [-0.2, -0.15) is 4.98 Å². The number of para-hydroxylation sites is 1. The lowest BCUT2D eigenvalue weighted by Crippen LogP contribution is -2.26. The first-order valence-corrected chi connectivity index (χ1v) is 9.19. The molecule has 138 valence electrons. The molecule has 2 aromatic carbocycles. The number of aryl methyl sites for hydroxylation is 2. The van der Waals surface area contributed by atoms with Crippen LogP contribution in [0.15, 0.2) is 48.5 Å². The quantitative estimate of drug-likeness (QED) is 0.715. The van der Waals surface area contributed by atoms with Crippen LogP contribution >= 0.6 is 0 Å². The fraction of sp³-hybridized carbons (Fsp3) is 0.273. The lowest BCUT2D eigenvalue weighted by Gasteiger charge is -2.23. The van der Waals surface area contributed by atoms with Gasteiger partial charge in [0, 0.05) is 23.5 Å². The van der Waals surface area contributed by atoms with E-state index in [1.165, 1.54) is 11.3 Å². The fourth-order valence-electron chi connectivity index (χ4n) is 3.65. The van der Waals surface area contributed by atoms with E-state index in [4.69, 9.17) is 14.7 Å². The number of nitrogens with one attached hydrogen (secondary N) is 1. The number of anilines is 4. The van der Waals surface area contributed by atoms with Crippen molar-refractivity contribution in [1.82, 2.24) is 9.97 Å². The molecule has 0 aliphatic carbocycles. The zero-order valence-corrected chi connectivity index (χ0v) is 16.2. The molecular formula is C22H24N4O. The fourth-order valence-corrected chi connectivity index (χ4v) is 3.65. The highest BCUT2D eigenvalue weighted by atomic mass is 16.5. The summed E-state index contributed by atoms with van der Waals surface area (Å²) in [7, 11) is 1.68. The number of ether oxygens (including phenoxy) is 1. The molecule has 1 aliphatic heterocycles. The van der Waals surface area contributed by atoms with Gasteiger partial charge in [-0.15, -0.1) is 0 Å². The third-order valence-electron chi connectivity index (χ3n) is 4.88. The molecule has 1 unspecified atom stereocenters. The maximum atomic E-state index is 5.48. The average molecular weight is 360 g/mol. The van der Waals surface area contributed by atoms with Gasteiger partial charge >= 0.3 is 0 Å². The second kappa shape index (κ2) is 6.91. The van der Waals surface area contributed by atoms with Gasteiger partial charge in [-0.3, -0.25) is 0 Å². The van der Waals surface area contributed by atoms with Crippen molar-refractivity contribution in [3.05, 3.63) is 65.4 Å². The summed E-state index contributed by atoms with van der Waals surface area (Å²) in [6.45, 7) is 6.27. The van der Waals surface area contributed by atoms with E-state index in [-0.39, 0.29) is 0 Å². The Balaban J connectivity index is 1.72. The van der Waals surface area contributed by atoms with Crippen LogP contribution in [0.3, 0.4) is 0 Å². The van der Waals surface area contributed by atoms with Gasteiger partial charge in [0.2, 0.25) is 5.95 Å². The molecular weight excluding hydrogens is 336 g/mol. The van der Waals surface area contributed by atoms with Crippen LogP contribution in [-0.4, -0.2) is 23.1 Å². The van der Waals surface area contributed by atoms with Crippen LogP contribution in [0.5, 0.6) is 5.75 Å². The Labute approximate surface area is 160 Å². The summed E-state index contributed by atoms with van der Waals surface area (Å²) in [4.78, 5) is 11.7. The molecule has 1 N–H and O–H groups in total. The van der Waals surface area contributed by atoms with Crippen molar-refractivity contribution in [3.63, 3.8) is 0 Å². The molecule has 2 heterocycles. The summed E-state index contributed by atoms with van der Waals surface area (Å²) in [5.41, 5.74) is 5.51. The van der Waals surface area contributed by atoms with Crippen LogP contribution < -0.4 is 15.0 Å². The molecule has 0 saturated carbocycles. The van der Waals surface area contributed by atoms with Gasteiger partial charge in [0.05, 0.1) is 12.8 Å². The smallest absolute Gasteiger partial charge is 0.232 e. The Bertz CT molecular complexity index is 986. The first-order chi connectivity index (χ1) is 13.0. The van der Waals surface area contributed by atoms with E-state index in [1.807, 2.05) is 25.1 Å². The molecule has 0 amide bonds. The van der Waals surface area contributed by atoms with Crippen molar-refractivity contribution in [1.29, 1.82) is 0 Å². The Morgan fingerprint density at radius 3 is 2.70 bits per heavy atom. The van der Waals surface area contributed by atoms with E-state index in [0.717, 1.165) is 40.9 Å². The highest BCUT2D eigenvalue weighted by Gasteiger charge is 2.29. The standard InChI is InChI=1S/C22H24N4O/c1-14-9-10-20(27-4)18(11-14)24-21-12-15(2)23-22(25-21)26-16(3)13-17-7-5-6-8-19(17)26/h5-12,16H,13H2,1-4H3,(H,23,24,25). The van der Waals surface area contributed by atoms with Crippen molar-refractivity contribution in [3.8, 4) is 5.75 Å². The molecule has 3 aromatic rings. The highest BCUT2D eigenvalue weighted by Crippen LogP contribution is 2.37. The number of hydrogen-bond donors (Lipinski definition) is 1. The van der Waals surface area contributed by atoms with E-state index in [2.05, 4.69) is 54.4 Å². The largest absolute Gasteiger partial charge is 0.495 e. The second-order valence-corrected chi connectivity index (χ2v) is 7.08. The van der Waals surface area contributed by atoms with Crippen LogP contribution in [0.25, 0.3) is 0 Å². The molecule has 1 aliphatic rings. The predicted octanol–water partition coefficient (Wildman–Crippen LogP) is 4.93. The van der Waals surface area contributed by atoms with Crippen LogP contribution in [0.4, 0.5) is 23.1 Å². The molecule has 1 atom stereocenters. The van der Waals surface area contributed by atoms with E-state index >= 15 is 0 Å². The number of rotatable bonds is 4. The lowest BCUT2D eigenvalue weighted by molar-refractivity contribution is 0.416. The lowest BCUT2D eigenvalue weighted by atomic mass is 10.1. The van der Waals surface area contributed by atoms with Crippen molar-refractivity contribution in [2.75, 3.05) is 17.3 Å². The normalized spacial score (nSPS) is 15.6. The second-order valence-electron chi connectivity index (χ2n) is 7.08. The summed E-state index contributed by atoms with van der Waals surface area (Å²) in [5, 5.41) is 3.40. The highest BCUT2D eigenvalue weighted by molar-refractivity contribution is 5.70. The topological polar surface area (TPSA) is 50.3 Å². The minimum atomic E-state index is 0.325. The molecule has 0 radical (unpaired) electrons. The zero-order chi connectivity index (χ0) is 19.0. The number of benzene rings is 2. The van der Waals surface area contributed by atoms with Crippen molar-refractivity contribution in [2.24, 2.45) is 0 Å². The molecule has 0 fully saturated rings. The molecule has 0 saturated heterocycles. The molecule has 1 aromatic heterocycles. The van der Waals surface area contributed by atoms with E-state index < -0.39 is 0 Å². The Hall–Kier alpha value is -3.08. The number of nitrogens with zero attached hydrogens (tertiary/aromatic N) is 3. The number of methoxy groups -OCH3 is 1. The summed E-state index contributed by atoms with van der Waals surface area (Å²) < 4.78 is 5.48. The Morgan fingerprint density at radius 1 is 1.07 bits per heavy atom. The third-order valence-corrected chi connectivity index (χ3v) is 4.88. The van der Waals surface area contributed by atoms with Gasteiger partial charge < -0.3 is 15.0 Å². The average Bonchev–Trinajstić information content (AvgIpc) is 2.97. The summed E-state index contributed by atoms with van der Waals surface area (Å²) >= 11 is 0. The maximum Gasteiger partial charge on any atom is 0.232 e. The first kappa shape index (κ1) is 17.3. The Kier molecular flexibility index (Phi) is 4.44. The molecule has 27 heavy (non-hydrogen) atoms. The predicted molar refractivity (Wildman–Crippen MR) is 110 cm³/mol. The third kappa shape index (κ3) is 3.33. The van der Waals surface area contributed by atoms with Crippen LogP contribution in [-0.2, 0) is 6.42 Å². The summed E-state index contributed by atoms with van der Waals surface area (Å²) in [6, 6.07) is 16.8. The van der Waals surface area contributed by atoms with Gasteiger partial charge in [-0.05, 0) is 56.5 Å². The van der Waals surface area contributed by atoms with Crippen molar-refractivity contribution < 1.29 is 4.74 Å². The SMILES string of the molecule is COc1ccc(C)cc1Nc1cc(C)nc(N2c3ccccc3CC2C)n1. The minimum Gasteiger partial charge on any atom is -0.495 e. The van der Waals surface area contributed by atoms with Crippen molar-refractivity contribution >= 4 is 23.1 Å². The van der Waals surface area contributed by atoms with Crippen LogP contribution in [0, 0.1) is 13.8 Å². The molecule has 4 rings (SSSR count). The molecule has 0 spiro atoms. The number of hydrogen-bond acceptors (Lipinski definition) is 5. The molecule has 0 bridgehead atoms. The summed E-state index contributed by atoms with van der Waals surface area (Å²) in [6.07, 6.45) is 1.00. The number of aromatic nitrogens is 2. The monoisotopic (exact) mass is 360 g/mol. The Morgan fingerprint density at radius 2 is 1.89 bits per heavy atom. The molecule has 5 nitrogen and oxygen atoms in total. The van der Waals surface area contributed by atoms with E-state index in [9.17, 15) is 0 Å². The zero-order valence-electron chi connectivity index (χ0n) is 16.2. The van der Waals surface area contributed by atoms with E-state index in [1.54, 1.807) is 7.11 Å².